The summed E-state index contributed by atoms with van der Waals surface area (Å²) < 4.78 is 12.6. The minimum absolute atomic E-state index is 0.316. The van der Waals surface area contributed by atoms with E-state index in [4.69, 9.17) is 5.73 Å². The maximum Gasteiger partial charge on any atom is 0.125 e. The summed E-state index contributed by atoms with van der Waals surface area (Å²) in [6, 6.07) is 4.20. The zero-order chi connectivity index (χ0) is 8.97. The molecule has 12 heavy (non-hydrogen) atoms. The highest BCUT2D eigenvalue weighted by molar-refractivity contribution is 7.78. The SMILES string of the molecule is NCc1ccc(F)cc1N=C=S. The lowest BCUT2D eigenvalue weighted by Gasteiger charge is -1.99. The van der Waals surface area contributed by atoms with E-state index < -0.39 is 0 Å². The molecule has 0 bridgehead atoms. The number of aliphatic imine (C=N–C) groups is 1. The van der Waals surface area contributed by atoms with E-state index in [2.05, 4.69) is 22.4 Å². The average Bonchev–Trinajstić information content (AvgIpc) is 2.05. The van der Waals surface area contributed by atoms with Crippen LogP contribution in [0.2, 0.25) is 0 Å². The third-order valence-corrected chi connectivity index (χ3v) is 1.52. The van der Waals surface area contributed by atoms with Gasteiger partial charge in [0.25, 0.3) is 0 Å². The molecule has 0 amide bonds. The molecule has 0 atom stereocenters. The standard InChI is InChI=1S/C8H7FN2S/c9-7-2-1-6(4-10)8(3-7)11-5-12/h1-3H,4,10H2. The van der Waals surface area contributed by atoms with Crippen molar-refractivity contribution in [3.63, 3.8) is 0 Å². The number of rotatable bonds is 2. The molecule has 0 heterocycles. The van der Waals surface area contributed by atoms with Gasteiger partial charge in [-0.15, -0.1) is 0 Å². The van der Waals surface area contributed by atoms with E-state index in [9.17, 15) is 4.39 Å². The third-order valence-electron chi connectivity index (χ3n) is 1.43. The summed E-state index contributed by atoms with van der Waals surface area (Å²) >= 11 is 4.40. The second-order valence-electron chi connectivity index (χ2n) is 2.18. The van der Waals surface area contributed by atoms with Gasteiger partial charge in [0, 0.05) is 12.6 Å². The Hall–Kier alpha value is -1.09. The van der Waals surface area contributed by atoms with Crippen LogP contribution in [-0.2, 0) is 6.54 Å². The van der Waals surface area contributed by atoms with E-state index in [1.165, 1.54) is 12.1 Å². The van der Waals surface area contributed by atoms with Gasteiger partial charge in [-0.05, 0) is 23.8 Å². The first-order valence-corrected chi connectivity index (χ1v) is 3.75. The van der Waals surface area contributed by atoms with Crippen LogP contribution in [0.5, 0.6) is 0 Å². The fourth-order valence-corrected chi connectivity index (χ4v) is 0.961. The quantitative estimate of drug-likeness (QED) is 0.561. The molecule has 1 rings (SSSR count). The fourth-order valence-electron chi connectivity index (χ4n) is 0.863. The lowest BCUT2D eigenvalue weighted by molar-refractivity contribution is 0.627. The van der Waals surface area contributed by atoms with Crippen molar-refractivity contribution in [2.24, 2.45) is 10.7 Å². The lowest BCUT2D eigenvalue weighted by atomic mass is 10.2. The molecule has 0 saturated carbocycles. The summed E-state index contributed by atoms with van der Waals surface area (Å²) in [4.78, 5) is 3.68. The molecular weight excluding hydrogens is 175 g/mol. The van der Waals surface area contributed by atoms with E-state index in [1.54, 1.807) is 6.07 Å². The van der Waals surface area contributed by atoms with Gasteiger partial charge in [-0.2, -0.15) is 4.99 Å². The van der Waals surface area contributed by atoms with Crippen LogP contribution in [0.15, 0.2) is 23.2 Å². The largest absolute Gasteiger partial charge is 0.326 e. The van der Waals surface area contributed by atoms with E-state index in [0.717, 1.165) is 5.56 Å². The predicted molar refractivity (Wildman–Crippen MR) is 49.0 cm³/mol. The van der Waals surface area contributed by atoms with Gasteiger partial charge in [0.15, 0.2) is 0 Å². The molecule has 2 N–H and O–H groups in total. The molecule has 0 saturated heterocycles. The van der Waals surface area contributed by atoms with Crippen LogP contribution in [0, 0.1) is 5.82 Å². The van der Waals surface area contributed by atoms with Crippen LogP contribution in [0.3, 0.4) is 0 Å². The maximum atomic E-state index is 12.6. The van der Waals surface area contributed by atoms with Gasteiger partial charge in [-0.1, -0.05) is 6.07 Å². The first kappa shape index (κ1) is 9.00. The van der Waals surface area contributed by atoms with Gasteiger partial charge in [0.05, 0.1) is 10.8 Å². The number of nitrogens with two attached hydrogens (primary N) is 1. The molecule has 0 aliphatic rings. The number of isothiocyanates is 1. The number of hydrogen-bond acceptors (Lipinski definition) is 3. The van der Waals surface area contributed by atoms with Gasteiger partial charge >= 0.3 is 0 Å². The Labute approximate surface area is 74.9 Å². The Bertz CT molecular complexity index is 332. The van der Waals surface area contributed by atoms with Gasteiger partial charge in [-0.3, -0.25) is 0 Å². The Balaban J connectivity index is 3.20. The van der Waals surface area contributed by atoms with Crippen LogP contribution in [0.1, 0.15) is 5.56 Å². The van der Waals surface area contributed by atoms with Crippen molar-refractivity contribution in [1.82, 2.24) is 0 Å². The minimum Gasteiger partial charge on any atom is -0.326 e. The maximum absolute atomic E-state index is 12.6. The molecule has 0 unspecified atom stereocenters. The van der Waals surface area contributed by atoms with Crippen molar-refractivity contribution in [2.75, 3.05) is 0 Å². The van der Waals surface area contributed by atoms with E-state index >= 15 is 0 Å². The van der Waals surface area contributed by atoms with Crippen molar-refractivity contribution in [3.05, 3.63) is 29.6 Å². The molecule has 2 nitrogen and oxygen atoms in total. The third kappa shape index (κ3) is 1.95. The molecule has 62 valence electrons. The monoisotopic (exact) mass is 182 g/mol. The Morgan fingerprint density at radius 3 is 2.92 bits per heavy atom. The fraction of sp³-hybridized carbons (Fsp3) is 0.125. The summed E-state index contributed by atoms with van der Waals surface area (Å²) in [6.07, 6.45) is 0. The Morgan fingerprint density at radius 2 is 2.33 bits per heavy atom. The molecular formula is C8H7FN2S. The van der Waals surface area contributed by atoms with Crippen molar-refractivity contribution in [3.8, 4) is 0 Å². The normalized spacial score (nSPS) is 9.17. The smallest absolute Gasteiger partial charge is 0.125 e. The van der Waals surface area contributed by atoms with E-state index in [-0.39, 0.29) is 5.82 Å². The second kappa shape index (κ2) is 4.07. The highest BCUT2D eigenvalue weighted by Crippen LogP contribution is 2.19. The van der Waals surface area contributed by atoms with Crippen molar-refractivity contribution in [1.29, 1.82) is 0 Å². The summed E-state index contributed by atoms with van der Waals surface area (Å²) in [5, 5.41) is 2.17. The first-order valence-electron chi connectivity index (χ1n) is 3.34. The molecule has 0 fully saturated rings. The van der Waals surface area contributed by atoms with Gasteiger partial charge in [0.1, 0.15) is 5.82 Å². The number of thiocarbonyl (C=S) groups is 1. The molecule has 4 heteroatoms. The number of benzene rings is 1. The topological polar surface area (TPSA) is 38.4 Å². The van der Waals surface area contributed by atoms with Crippen molar-refractivity contribution in [2.45, 2.75) is 6.54 Å². The Morgan fingerprint density at radius 1 is 1.58 bits per heavy atom. The lowest BCUT2D eigenvalue weighted by Crippen LogP contribution is -1.96. The average molecular weight is 182 g/mol. The molecule has 1 aromatic rings. The second-order valence-corrected chi connectivity index (χ2v) is 2.36. The summed E-state index contributed by atoms with van der Waals surface area (Å²) in [7, 11) is 0. The number of hydrogen-bond donors (Lipinski definition) is 1. The van der Waals surface area contributed by atoms with Crippen LogP contribution in [0.25, 0.3) is 0 Å². The highest BCUT2D eigenvalue weighted by atomic mass is 32.1. The zero-order valence-corrected chi connectivity index (χ0v) is 7.07. The molecule has 1 aromatic carbocycles. The molecule has 0 spiro atoms. The van der Waals surface area contributed by atoms with Crippen LogP contribution < -0.4 is 5.73 Å². The van der Waals surface area contributed by atoms with E-state index in [0.29, 0.717) is 12.2 Å². The van der Waals surface area contributed by atoms with Crippen LogP contribution in [0.4, 0.5) is 10.1 Å². The highest BCUT2D eigenvalue weighted by Gasteiger charge is 1.99. The summed E-state index contributed by atoms with van der Waals surface area (Å²) in [5.41, 5.74) is 6.60. The van der Waals surface area contributed by atoms with Gasteiger partial charge in [-0.25, -0.2) is 4.39 Å². The van der Waals surface area contributed by atoms with Gasteiger partial charge in [0.2, 0.25) is 0 Å². The van der Waals surface area contributed by atoms with Crippen molar-refractivity contribution >= 4 is 23.1 Å². The molecule has 0 radical (unpaired) electrons. The number of halogens is 1. The minimum atomic E-state index is -0.351. The summed E-state index contributed by atoms with van der Waals surface area (Å²) in [5.74, 6) is -0.351. The zero-order valence-electron chi connectivity index (χ0n) is 6.25. The van der Waals surface area contributed by atoms with Crippen molar-refractivity contribution < 1.29 is 4.39 Å². The molecule has 0 aromatic heterocycles. The molecule has 0 aliphatic carbocycles. The summed E-state index contributed by atoms with van der Waals surface area (Å²) in [6.45, 7) is 0.316. The van der Waals surface area contributed by atoms with Gasteiger partial charge < -0.3 is 5.73 Å². The molecule has 0 aliphatic heterocycles. The Kier molecular flexibility index (Phi) is 3.05. The first-order chi connectivity index (χ1) is 5.77. The van der Waals surface area contributed by atoms with Crippen LogP contribution >= 0.6 is 12.2 Å². The predicted octanol–water partition coefficient (Wildman–Crippen LogP) is 2.02. The number of nitrogens with zero attached hydrogens (tertiary/aromatic N) is 1. The van der Waals surface area contributed by atoms with Crippen LogP contribution in [-0.4, -0.2) is 5.16 Å². The van der Waals surface area contributed by atoms with E-state index in [1.807, 2.05) is 0 Å².